The van der Waals surface area contributed by atoms with Crippen molar-refractivity contribution in [1.29, 1.82) is 0 Å². The highest BCUT2D eigenvalue weighted by Gasteiger charge is 2.37. The summed E-state index contributed by atoms with van der Waals surface area (Å²) in [6.07, 6.45) is 0.543. The van der Waals surface area contributed by atoms with Gasteiger partial charge in [-0.05, 0) is 43.1 Å². The van der Waals surface area contributed by atoms with E-state index in [1.54, 1.807) is 18.4 Å². The number of piperidine rings is 1. The molecule has 5 nitrogen and oxygen atoms in total. The Kier molecular flexibility index (Phi) is 5.27. The van der Waals surface area contributed by atoms with E-state index in [2.05, 4.69) is 25.8 Å². The first-order valence-corrected chi connectivity index (χ1v) is 8.59. The third-order valence-electron chi connectivity index (χ3n) is 3.31. The lowest BCUT2D eigenvalue weighted by molar-refractivity contribution is -0.165. The van der Waals surface area contributed by atoms with Gasteiger partial charge in [0.25, 0.3) is 0 Å². The van der Waals surface area contributed by atoms with E-state index in [-0.39, 0.29) is 18.0 Å². The molecule has 2 atom stereocenters. The molecule has 1 saturated heterocycles. The number of ether oxygens (including phenoxy) is 2. The van der Waals surface area contributed by atoms with Crippen molar-refractivity contribution in [3.8, 4) is 0 Å². The summed E-state index contributed by atoms with van der Waals surface area (Å²) in [4.78, 5) is 18.9. The van der Waals surface area contributed by atoms with Crippen LogP contribution in [0.1, 0.15) is 27.2 Å². The van der Waals surface area contributed by atoms with Gasteiger partial charge in [0.05, 0.1) is 12.0 Å². The van der Waals surface area contributed by atoms with Crippen LogP contribution in [-0.2, 0) is 14.3 Å². The van der Waals surface area contributed by atoms with E-state index in [9.17, 15) is 4.79 Å². The highest BCUT2D eigenvalue weighted by molar-refractivity contribution is 9.10. The van der Waals surface area contributed by atoms with Crippen LogP contribution in [0.3, 0.4) is 0 Å². The van der Waals surface area contributed by atoms with Crippen LogP contribution in [0, 0.1) is 5.92 Å². The summed E-state index contributed by atoms with van der Waals surface area (Å²) in [7, 11) is 1.64. The van der Waals surface area contributed by atoms with Gasteiger partial charge in [0.2, 0.25) is 0 Å². The molecule has 21 heavy (non-hydrogen) atoms. The Morgan fingerprint density at radius 3 is 2.76 bits per heavy atom. The third kappa shape index (κ3) is 4.40. The summed E-state index contributed by atoms with van der Waals surface area (Å²) in [5.41, 5.74) is -0.466. The second-order valence-electron chi connectivity index (χ2n) is 6.10. The van der Waals surface area contributed by atoms with Gasteiger partial charge in [-0.25, -0.2) is 4.98 Å². The number of anilines is 1. The molecule has 1 aromatic heterocycles. The highest BCUT2D eigenvalue weighted by Crippen LogP contribution is 2.30. The maximum atomic E-state index is 12.3. The lowest BCUT2D eigenvalue weighted by atomic mass is 9.93. The van der Waals surface area contributed by atoms with Crippen molar-refractivity contribution < 1.29 is 14.3 Å². The van der Waals surface area contributed by atoms with E-state index in [1.807, 2.05) is 26.2 Å². The Hall–Kier alpha value is -0.660. The zero-order valence-corrected chi connectivity index (χ0v) is 15.2. The van der Waals surface area contributed by atoms with Gasteiger partial charge in [0.1, 0.15) is 10.2 Å². The van der Waals surface area contributed by atoms with Crippen LogP contribution in [0.4, 0.5) is 5.13 Å². The molecule has 0 amide bonds. The highest BCUT2D eigenvalue weighted by atomic mass is 79.9. The van der Waals surface area contributed by atoms with E-state index in [1.165, 1.54) is 0 Å². The van der Waals surface area contributed by atoms with Crippen LogP contribution in [0.15, 0.2) is 9.98 Å². The van der Waals surface area contributed by atoms with Crippen LogP contribution >= 0.6 is 27.3 Å². The van der Waals surface area contributed by atoms with Crippen LogP contribution in [0.5, 0.6) is 0 Å². The van der Waals surface area contributed by atoms with Crippen LogP contribution in [0.25, 0.3) is 0 Å². The number of rotatable bonds is 3. The first kappa shape index (κ1) is 16.7. The first-order chi connectivity index (χ1) is 9.80. The number of hydrogen-bond acceptors (Lipinski definition) is 6. The number of esters is 1. The predicted molar refractivity (Wildman–Crippen MR) is 86.8 cm³/mol. The molecule has 1 aromatic rings. The third-order valence-corrected chi connectivity index (χ3v) is 4.92. The quantitative estimate of drug-likeness (QED) is 0.758. The topological polar surface area (TPSA) is 51.7 Å². The Morgan fingerprint density at radius 1 is 1.52 bits per heavy atom. The number of thiazole rings is 1. The maximum absolute atomic E-state index is 12.3. The fourth-order valence-corrected chi connectivity index (χ4v) is 3.65. The van der Waals surface area contributed by atoms with Gasteiger partial charge in [-0.2, -0.15) is 0 Å². The second kappa shape index (κ2) is 6.62. The van der Waals surface area contributed by atoms with Crippen molar-refractivity contribution in [3.63, 3.8) is 0 Å². The van der Waals surface area contributed by atoms with Gasteiger partial charge < -0.3 is 14.4 Å². The predicted octanol–water partition coefficient (Wildman–Crippen LogP) is 3.09. The fourth-order valence-electron chi connectivity index (χ4n) is 2.37. The summed E-state index contributed by atoms with van der Waals surface area (Å²) < 4.78 is 11.9. The minimum absolute atomic E-state index is 0.170. The molecule has 2 rings (SSSR count). The van der Waals surface area contributed by atoms with E-state index >= 15 is 0 Å². The van der Waals surface area contributed by atoms with E-state index in [0.717, 1.165) is 16.3 Å². The van der Waals surface area contributed by atoms with Crippen LogP contribution in [0.2, 0.25) is 0 Å². The smallest absolute Gasteiger partial charge is 0.312 e. The minimum Gasteiger partial charge on any atom is -0.460 e. The number of carbonyl (C=O) groups is 1. The molecule has 0 aliphatic carbocycles. The molecule has 2 heterocycles. The Balaban J connectivity index is 2.03. The van der Waals surface area contributed by atoms with Gasteiger partial charge >= 0.3 is 5.97 Å². The molecule has 1 aliphatic heterocycles. The lowest BCUT2D eigenvalue weighted by Gasteiger charge is -2.37. The summed E-state index contributed by atoms with van der Waals surface area (Å²) >= 11 is 4.95. The standard InChI is InChI=1S/C14H21BrN2O3S/c1-14(2,3)20-12(18)9-5-6-17(7-10(9)19-4)13-16-11(15)8-21-13/h8-10H,5-7H2,1-4H3/t9-,10+/m0/s1. The molecule has 0 unspecified atom stereocenters. The summed E-state index contributed by atoms with van der Waals surface area (Å²) in [5, 5.41) is 2.91. The monoisotopic (exact) mass is 376 g/mol. The SMILES string of the molecule is CO[C@@H]1CN(c2nc(Br)cs2)CC[C@@H]1C(=O)OC(C)(C)C. The van der Waals surface area contributed by atoms with Crippen molar-refractivity contribution >= 4 is 38.4 Å². The number of halogens is 1. The van der Waals surface area contributed by atoms with Crippen molar-refractivity contribution in [2.75, 3.05) is 25.1 Å². The number of nitrogens with zero attached hydrogens (tertiary/aromatic N) is 2. The van der Waals surface area contributed by atoms with E-state index in [0.29, 0.717) is 13.0 Å². The fraction of sp³-hybridized carbons (Fsp3) is 0.714. The van der Waals surface area contributed by atoms with Gasteiger partial charge in [-0.1, -0.05) is 0 Å². The maximum Gasteiger partial charge on any atom is 0.312 e. The summed E-state index contributed by atoms with van der Waals surface area (Å²) in [6, 6.07) is 0. The number of hydrogen-bond donors (Lipinski definition) is 0. The van der Waals surface area contributed by atoms with Crippen molar-refractivity contribution in [2.45, 2.75) is 38.9 Å². The van der Waals surface area contributed by atoms with E-state index < -0.39 is 5.60 Å². The molecule has 1 fully saturated rings. The van der Waals surface area contributed by atoms with Crippen LogP contribution < -0.4 is 4.90 Å². The van der Waals surface area contributed by atoms with Gasteiger partial charge in [0, 0.05) is 25.6 Å². The first-order valence-electron chi connectivity index (χ1n) is 6.92. The molecule has 0 bridgehead atoms. The van der Waals surface area contributed by atoms with Gasteiger partial charge in [-0.3, -0.25) is 4.79 Å². The van der Waals surface area contributed by atoms with Crippen molar-refractivity contribution in [2.24, 2.45) is 5.92 Å². The number of aromatic nitrogens is 1. The molecule has 0 radical (unpaired) electrons. The Morgan fingerprint density at radius 2 is 2.24 bits per heavy atom. The molecular formula is C14H21BrN2O3S. The Labute approximate surface area is 137 Å². The minimum atomic E-state index is -0.466. The van der Waals surface area contributed by atoms with Crippen molar-refractivity contribution in [3.05, 3.63) is 9.98 Å². The van der Waals surface area contributed by atoms with Crippen molar-refractivity contribution in [1.82, 2.24) is 4.98 Å². The molecule has 118 valence electrons. The summed E-state index contributed by atoms with van der Waals surface area (Å²) in [5.74, 6) is -0.386. The average Bonchev–Trinajstić information content (AvgIpc) is 2.82. The average molecular weight is 377 g/mol. The Bertz CT molecular complexity index is 501. The molecule has 1 aliphatic rings. The molecule has 0 spiro atoms. The number of carbonyl (C=O) groups excluding carboxylic acids is 1. The van der Waals surface area contributed by atoms with Crippen LogP contribution in [-0.4, -0.2) is 42.9 Å². The van der Waals surface area contributed by atoms with Gasteiger partial charge in [-0.15, -0.1) is 11.3 Å². The second-order valence-corrected chi connectivity index (χ2v) is 7.75. The molecule has 0 N–H and O–H groups in total. The normalized spacial score (nSPS) is 23.2. The van der Waals surface area contributed by atoms with Gasteiger partial charge in [0.15, 0.2) is 5.13 Å². The molecule has 7 heteroatoms. The summed E-state index contributed by atoms with van der Waals surface area (Å²) in [6.45, 7) is 7.09. The zero-order chi connectivity index (χ0) is 15.6. The van der Waals surface area contributed by atoms with E-state index in [4.69, 9.17) is 9.47 Å². The zero-order valence-electron chi connectivity index (χ0n) is 12.8. The largest absolute Gasteiger partial charge is 0.460 e. The lowest BCUT2D eigenvalue weighted by Crippen LogP contribution is -2.49. The molecule has 0 aromatic carbocycles. The number of methoxy groups -OCH3 is 1. The molecule has 0 saturated carbocycles. The molecular weight excluding hydrogens is 356 g/mol.